The average Bonchev–Trinajstić information content (AvgIpc) is 3.31. The van der Waals surface area contributed by atoms with Crippen LogP contribution in [0, 0.1) is 19.7 Å². The van der Waals surface area contributed by atoms with E-state index < -0.39 is 17.2 Å². The van der Waals surface area contributed by atoms with E-state index in [-0.39, 0.29) is 22.8 Å². The minimum absolute atomic E-state index is 0.0949. The third-order valence-corrected chi connectivity index (χ3v) is 6.21. The fourth-order valence-corrected chi connectivity index (χ4v) is 4.17. The number of halogens is 1. The van der Waals surface area contributed by atoms with Gasteiger partial charge in [0.15, 0.2) is 17.7 Å². The summed E-state index contributed by atoms with van der Waals surface area (Å²) in [7, 11) is 0. The predicted molar refractivity (Wildman–Crippen MR) is 129 cm³/mol. The third kappa shape index (κ3) is 5.63. The first-order valence-electron chi connectivity index (χ1n) is 10.7. The summed E-state index contributed by atoms with van der Waals surface area (Å²) in [6, 6.07) is 21.4. The molecule has 4 aromatic rings. The number of carbonyl (C=O) groups is 1. The van der Waals surface area contributed by atoms with Crippen LogP contribution in [0.3, 0.4) is 0 Å². The summed E-state index contributed by atoms with van der Waals surface area (Å²) < 4.78 is 25.3. The van der Waals surface area contributed by atoms with E-state index in [1.165, 1.54) is 12.1 Å². The lowest BCUT2D eigenvalue weighted by atomic mass is 10.1. The number of aromatic nitrogens is 2. The first kappa shape index (κ1) is 23.5. The van der Waals surface area contributed by atoms with Crippen LogP contribution in [0.5, 0.6) is 5.75 Å². The second-order valence-corrected chi connectivity index (χ2v) is 8.87. The van der Waals surface area contributed by atoms with E-state index in [2.05, 4.69) is 15.5 Å². The van der Waals surface area contributed by atoms with Crippen LogP contribution in [-0.2, 0) is 4.79 Å². The van der Waals surface area contributed by atoms with Crippen molar-refractivity contribution in [2.45, 2.75) is 37.3 Å². The minimum Gasteiger partial charge on any atom is -0.478 e. The summed E-state index contributed by atoms with van der Waals surface area (Å²) in [4.78, 5) is 13.3. The summed E-state index contributed by atoms with van der Waals surface area (Å²) in [6.07, 6.45) is -0.669. The predicted octanol–water partition coefficient (Wildman–Crippen LogP) is 6.44. The number of nitrogens with zero attached hydrogens (tertiary/aromatic N) is 2. The van der Waals surface area contributed by atoms with Crippen LogP contribution in [0.15, 0.2) is 82.4 Å². The lowest BCUT2D eigenvalue weighted by Crippen LogP contribution is -2.19. The maximum Gasteiger partial charge on any atom is 0.277 e. The van der Waals surface area contributed by atoms with E-state index in [0.29, 0.717) is 0 Å². The van der Waals surface area contributed by atoms with Crippen molar-refractivity contribution in [3.63, 3.8) is 0 Å². The van der Waals surface area contributed by atoms with Crippen LogP contribution < -0.4 is 10.1 Å². The molecule has 1 amide bonds. The first-order valence-corrected chi connectivity index (χ1v) is 11.6. The molecule has 0 radical (unpaired) electrons. The lowest BCUT2D eigenvalue weighted by Gasteiger charge is -2.16. The third-order valence-electron chi connectivity index (χ3n) is 5.12. The highest BCUT2D eigenvalue weighted by Crippen LogP contribution is 2.37. The minimum atomic E-state index is -0.669. The zero-order chi connectivity index (χ0) is 24.1. The Labute approximate surface area is 201 Å². The maximum atomic E-state index is 13.9. The molecule has 0 aliphatic heterocycles. The summed E-state index contributed by atoms with van der Waals surface area (Å²) in [5.74, 6) is -0.402. The maximum absolute atomic E-state index is 13.9. The van der Waals surface area contributed by atoms with Gasteiger partial charge in [-0.05, 0) is 67.4 Å². The van der Waals surface area contributed by atoms with Gasteiger partial charge in [0.2, 0.25) is 5.91 Å². The molecule has 0 aliphatic rings. The largest absolute Gasteiger partial charge is 0.478 e. The number of hydrogen-bond donors (Lipinski definition) is 1. The van der Waals surface area contributed by atoms with E-state index >= 15 is 0 Å². The molecule has 6 nitrogen and oxygen atoms in total. The van der Waals surface area contributed by atoms with Gasteiger partial charge in [-0.1, -0.05) is 54.6 Å². The van der Waals surface area contributed by atoms with E-state index in [1.54, 1.807) is 19.1 Å². The zero-order valence-corrected chi connectivity index (χ0v) is 19.8. The van der Waals surface area contributed by atoms with Crippen LogP contribution in [0.2, 0.25) is 0 Å². The van der Waals surface area contributed by atoms with Crippen molar-refractivity contribution in [1.29, 1.82) is 0 Å². The van der Waals surface area contributed by atoms with E-state index in [9.17, 15) is 9.18 Å². The molecule has 0 spiro atoms. The highest BCUT2D eigenvalue weighted by Gasteiger charge is 2.26. The van der Waals surface area contributed by atoms with Crippen LogP contribution in [0.25, 0.3) is 0 Å². The summed E-state index contributed by atoms with van der Waals surface area (Å²) in [5, 5.41) is 10.7. The summed E-state index contributed by atoms with van der Waals surface area (Å²) in [5.41, 5.74) is 3.57. The molecule has 0 unspecified atom stereocenters. The number of amides is 1. The number of aryl methyl sites for hydroxylation is 2. The fourth-order valence-electron chi connectivity index (χ4n) is 3.28. The van der Waals surface area contributed by atoms with E-state index in [0.717, 1.165) is 34.1 Å². The number of thioether (sulfide) groups is 1. The van der Waals surface area contributed by atoms with Crippen LogP contribution >= 0.6 is 11.8 Å². The molecule has 0 saturated carbocycles. The zero-order valence-electron chi connectivity index (χ0n) is 19.0. The number of benzene rings is 3. The second-order valence-electron chi connectivity index (χ2n) is 7.81. The van der Waals surface area contributed by atoms with Gasteiger partial charge in [-0.15, -0.1) is 10.2 Å². The van der Waals surface area contributed by atoms with E-state index in [1.807, 2.05) is 62.4 Å². The smallest absolute Gasteiger partial charge is 0.277 e. The van der Waals surface area contributed by atoms with Gasteiger partial charge in [0.25, 0.3) is 11.1 Å². The number of ether oxygens (including phenoxy) is 1. The SMILES string of the molecule is Cc1ccc(C)c(NC(=O)[C@H](Sc2nnc([C@H](C)Oc3ccccc3F)o2)c2ccccc2)c1. The van der Waals surface area contributed by atoms with Crippen molar-refractivity contribution >= 4 is 23.4 Å². The van der Waals surface area contributed by atoms with Gasteiger partial charge in [0.1, 0.15) is 5.25 Å². The van der Waals surface area contributed by atoms with Gasteiger partial charge < -0.3 is 14.5 Å². The highest BCUT2D eigenvalue weighted by atomic mass is 32.2. The summed E-state index contributed by atoms with van der Waals surface area (Å²) >= 11 is 1.14. The molecule has 8 heteroatoms. The van der Waals surface area contributed by atoms with Crippen LogP contribution in [0.1, 0.15) is 40.9 Å². The average molecular weight is 478 g/mol. The Hall–Kier alpha value is -3.65. The molecule has 0 bridgehead atoms. The van der Waals surface area contributed by atoms with Gasteiger partial charge in [-0.3, -0.25) is 4.79 Å². The lowest BCUT2D eigenvalue weighted by molar-refractivity contribution is -0.115. The Balaban J connectivity index is 1.53. The normalized spacial score (nSPS) is 12.7. The molecule has 1 aromatic heterocycles. The monoisotopic (exact) mass is 477 g/mol. The van der Waals surface area contributed by atoms with Crippen molar-refractivity contribution in [1.82, 2.24) is 10.2 Å². The Bertz CT molecular complexity index is 1280. The number of para-hydroxylation sites is 1. The number of hydrogen-bond acceptors (Lipinski definition) is 6. The van der Waals surface area contributed by atoms with Gasteiger partial charge in [-0.25, -0.2) is 4.39 Å². The molecule has 174 valence electrons. The van der Waals surface area contributed by atoms with Gasteiger partial charge >= 0.3 is 0 Å². The Kier molecular flexibility index (Phi) is 7.27. The van der Waals surface area contributed by atoms with Crippen molar-refractivity contribution in [2.75, 3.05) is 5.32 Å². The molecule has 1 N–H and O–H groups in total. The molecular formula is C26H24FN3O3S. The van der Waals surface area contributed by atoms with Crippen LogP contribution in [0.4, 0.5) is 10.1 Å². The molecule has 2 atom stereocenters. The number of rotatable bonds is 8. The molecular weight excluding hydrogens is 453 g/mol. The van der Waals surface area contributed by atoms with Crippen molar-refractivity contribution in [3.05, 3.63) is 101 Å². The molecule has 4 rings (SSSR count). The number of carbonyl (C=O) groups excluding carboxylic acids is 1. The molecule has 0 aliphatic carbocycles. The second kappa shape index (κ2) is 10.5. The standard InChI is InChI=1S/C26H24FN3O3S/c1-16-13-14-17(2)21(15-16)28-24(31)23(19-9-5-4-6-10-19)34-26-30-29-25(33-26)18(3)32-22-12-8-7-11-20(22)27/h4-15,18,23H,1-3H3,(H,28,31)/t18-,23+/m0/s1. The molecule has 1 heterocycles. The van der Waals surface area contributed by atoms with Gasteiger partial charge in [0, 0.05) is 5.69 Å². The van der Waals surface area contributed by atoms with Crippen molar-refractivity contribution in [2.24, 2.45) is 0 Å². The Morgan fingerprint density at radius 1 is 1.03 bits per heavy atom. The Morgan fingerprint density at radius 2 is 1.76 bits per heavy atom. The highest BCUT2D eigenvalue weighted by molar-refractivity contribution is 8.00. The number of nitrogens with one attached hydrogen (secondary N) is 1. The molecule has 0 fully saturated rings. The van der Waals surface area contributed by atoms with Crippen molar-refractivity contribution < 1.29 is 18.3 Å². The van der Waals surface area contributed by atoms with Crippen molar-refractivity contribution in [3.8, 4) is 5.75 Å². The quantitative estimate of drug-likeness (QED) is 0.294. The first-order chi connectivity index (χ1) is 16.4. The molecule has 3 aromatic carbocycles. The van der Waals surface area contributed by atoms with Crippen LogP contribution in [-0.4, -0.2) is 16.1 Å². The van der Waals surface area contributed by atoms with E-state index in [4.69, 9.17) is 9.15 Å². The molecule has 0 saturated heterocycles. The topological polar surface area (TPSA) is 77.2 Å². The Morgan fingerprint density at radius 3 is 2.53 bits per heavy atom. The van der Waals surface area contributed by atoms with Gasteiger partial charge in [0.05, 0.1) is 0 Å². The summed E-state index contributed by atoms with van der Waals surface area (Å²) in [6.45, 7) is 5.61. The fraction of sp³-hybridized carbons (Fsp3) is 0.192. The number of anilines is 1. The van der Waals surface area contributed by atoms with Gasteiger partial charge in [-0.2, -0.15) is 0 Å². The molecule has 34 heavy (non-hydrogen) atoms.